The van der Waals surface area contributed by atoms with Crippen LogP contribution in [0.2, 0.25) is 0 Å². The molecule has 1 saturated heterocycles. The van der Waals surface area contributed by atoms with Crippen molar-refractivity contribution in [3.8, 4) is 5.75 Å². The van der Waals surface area contributed by atoms with E-state index in [1.807, 2.05) is 38.1 Å². The van der Waals surface area contributed by atoms with Crippen LogP contribution in [0.4, 0.5) is 5.69 Å². The summed E-state index contributed by atoms with van der Waals surface area (Å²) in [6, 6.07) is 15.1. The van der Waals surface area contributed by atoms with Crippen LogP contribution in [-0.2, 0) is 14.4 Å². The van der Waals surface area contributed by atoms with E-state index < -0.39 is 5.92 Å². The number of carbonyl (C=O) groups excluding carboxylic acids is 3. The van der Waals surface area contributed by atoms with E-state index in [2.05, 4.69) is 10.9 Å². The van der Waals surface area contributed by atoms with Crippen molar-refractivity contribution in [2.24, 2.45) is 5.92 Å². The molecule has 0 radical (unpaired) electrons. The monoisotopic (exact) mass is 427 g/mol. The van der Waals surface area contributed by atoms with Crippen molar-refractivity contribution >= 4 is 35.2 Å². The van der Waals surface area contributed by atoms with Gasteiger partial charge in [0.25, 0.3) is 0 Å². The fourth-order valence-corrected chi connectivity index (χ4v) is 3.77. The SMILES string of the molecule is CCOc1ccc(N2CC(C(=O)NNC(=O)CSc3ccc(C)cc3)CC2=O)cc1. The number of hydrogen-bond acceptors (Lipinski definition) is 5. The Hall–Kier alpha value is -3.00. The number of nitrogens with zero attached hydrogens (tertiary/aromatic N) is 1. The lowest BCUT2D eigenvalue weighted by Gasteiger charge is -2.17. The molecule has 1 aliphatic heterocycles. The lowest BCUT2D eigenvalue weighted by atomic mass is 10.1. The van der Waals surface area contributed by atoms with Gasteiger partial charge in [-0.15, -0.1) is 11.8 Å². The third kappa shape index (κ3) is 5.76. The second-order valence-electron chi connectivity index (χ2n) is 6.97. The summed E-state index contributed by atoms with van der Waals surface area (Å²) in [6.07, 6.45) is 0.104. The second-order valence-corrected chi connectivity index (χ2v) is 8.02. The van der Waals surface area contributed by atoms with E-state index in [1.54, 1.807) is 29.2 Å². The third-order valence-corrected chi connectivity index (χ3v) is 5.68. The highest BCUT2D eigenvalue weighted by atomic mass is 32.2. The van der Waals surface area contributed by atoms with E-state index in [-0.39, 0.29) is 36.4 Å². The first kappa shape index (κ1) is 21.7. The number of nitrogens with one attached hydrogen (secondary N) is 2. The second kappa shape index (κ2) is 10.2. The van der Waals surface area contributed by atoms with Gasteiger partial charge in [0.05, 0.1) is 18.3 Å². The molecular formula is C22H25N3O4S. The molecule has 1 aliphatic rings. The number of rotatable bonds is 7. The van der Waals surface area contributed by atoms with Crippen molar-refractivity contribution < 1.29 is 19.1 Å². The number of benzene rings is 2. The van der Waals surface area contributed by atoms with Crippen LogP contribution < -0.4 is 20.5 Å². The standard InChI is InChI=1S/C22H25N3O4S/c1-3-29-18-8-6-17(7-9-18)25-13-16(12-21(25)27)22(28)24-23-20(26)14-30-19-10-4-15(2)5-11-19/h4-11,16H,3,12-14H2,1-2H3,(H,23,26)(H,24,28). The summed E-state index contributed by atoms with van der Waals surface area (Å²) in [6.45, 7) is 4.74. The van der Waals surface area contributed by atoms with Crippen molar-refractivity contribution in [3.63, 3.8) is 0 Å². The number of thioether (sulfide) groups is 1. The Morgan fingerprint density at radius 3 is 2.47 bits per heavy atom. The molecule has 3 amide bonds. The molecule has 0 aromatic heterocycles. The van der Waals surface area contributed by atoms with E-state index >= 15 is 0 Å². The number of aryl methyl sites for hydroxylation is 1. The molecule has 0 bridgehead atoms. The highest BCUT2D eigenvalue weighted by molar-refractivity contribution is 8.00. The highest BCUT2D eigenvalue weighted by Crippen LogP contribution is 2.27. The van der Waals surface area contributed by atoms with Crippen molar-refractivity contribution in [1.82, 2.24) is 10.9 Å². The summed E-state index contributed by atoms with van der Waals surface area (Å²) in [7, 11) is 0. The Kier molecular flexibility index (Phi) is 7.35. The number of hydrazine groups is 1. The molecule has 30 heavy (non-hydrogen) atoms. The topological polar surface area (TPSA) is 87.7 Å². The van der Waals surface area contributed by atoms with Crippen molar-refractivity contribution in [1.29, 1.82) is 0 Å². The number of carbonyl (C=O) groups is 3. The fraction of sp³-hybridized carbons (Fsp3) is 0.318. The summed E-state index contributed by atoms with van der Waals surface area (Å²) < 4.78 is 5.41. The first-order chi connectivity index (χ1) is 14.5. The van der Waals surface area contributed by atoms with Crippen molar-refractivity contribution in [2.75, 3.05) is 23.8 Å². The molecule has 8 heteroatoms. The molecule has 1 fully saturated rings. The zero-order chi connectivity index (χ0) is 21.5. The summed E-state index contributed by atoms with van der Waals surface area (Å²) >= 11 is 1.39. The summed E-state index contributed by atoms with van der Waals surface area (Å²) in [5.41, 5.74) is 6.74. The smallest absolute Gasteiger partial charge is 0.248 e. The van der Waals surface area contributed by atoms with Gasteiger partial charge in [-0.25, -0.2) is 0 Å². The van der Waals surface area contributed by atoms with Gasteiger partial charge >= 0.3 is 0 Å². The predicted octanol–water partition coefficient (Wildman–Crippen LogP) is 2.69. The van der Waals surface area contributed by atoms with Gasteiger partial charge in [-0.3, -0.25) is 25.2 Å². The minimum Gasteiger partial charge on any atom is -0.494 e. The third-order valence-electron chi connectivity index (χ3n) is 4.67. The predicted molar refractivity (Wildman–Crippen MR) is 116 cm³/mol. The van der Waals surface area contributed by atoms with E-state index in [0.29, 0.717) is 6.61 Å². The Bertz CT molecular complexity index is 900. The van der Waals surface area contributed by atoms with Crippen LogP contribution in [0.3, 0.4) is 0 Å². The maximum absolute atomic E-state index is 12.4. The van der Waals surface area contributed by atoms with Gasteiger partial charge in [0, 0.05) is 23.5 Å². The van der Waals surface area contributed by atoms with Crippen LogP contribution >= 0.6 is 11.8 Å². The Labute approximate surface area is 180 Å². The number of ether oxygens (including phenoxy) is 1. The minimum absolute atomic E-state index is 0.104. The summed E-state index contributed by atoms with van der Waals surface area (Å²) in [5.74, 6) is -0.402. The number of hydrogen-bond donors (Lipinski definition) is 2. The van der Waals surface area contributed by atoms with Crippen LogP contribution in [0.25, 0.3) is 0 Å². The molecule has 3 rings (SSSR count). The molecule has 2 aromatic carbocycles. The molecule has 2 aromatic rings. The van der Waals surface area contributed by atoms with E-state index in [0.717, 1.165) is 21.9 Å². The summed E-state index contributed by atoms with van der Waals surface area (Å²) in [5, 5.41) is 0. The highest BCUT2D eigenvalue weighted by Gasteiger charge is 2.35. The zero-order valence-corrected chi connectivity index (χ0v) is 17.8. The van der Waals surface area contributed by atoms with Gasteiger partial charge in [0.2, 0.25) is 17.7 Å². The van der Waals surface area contributed by atoms with Crippen LogP contribution in [-0.4, -0.2) is 36.6 Å². The zero-order valence-electron chi connectivity index (χ0n) is 17.0. The molecule has 2 N–H and O–H groups in total. The molecular weight excluding hydrogens is 402 g/mol. The molecule has 1 unspecified atom stereocenters. The van der Waals surface area contributed by atoms with Gasteiger partial charge < -0.3 is 9.64 Å². The average Bonchev–Trinajstić information content (AvgIpc) is 3.14. The van der Waals surface area contributed by atoms with Gasteiger partial charge in [0.1, 0.15) is 5.75 Å². The summed E-state index contributed by atoms with van der Waals surface area (Å²) in [4.78, 5) is 39.3. The number of anilines is 1. The number of amides is 3. The quantitative estimate of drug-likeness (QED) is 0.524. The first-order valence-corrected chi connectivity index (χ1v) is 10.8. The Morgan fingerprint density at radius 1 is 1.10 bits per heavy atom. The Balaban J connectivity index is 1.45. The van der Waals surface area contributed by atoms with Gasteiger partial charge in [-0.05, 0) is 50.2 Å². The molecule has 1 atom stereocenters. The average molecular weight is 428 g/mol. The minimum atomic E-state index is -0.519. The maximum atomic E-state index is 12.4. The molecule has 7 nitrogen and oxygen atoms in total. The molecule has 1 heterocycles. The molecule has 0 aliphatic carbocycles. The maximum Gasteiger partial charge on any atom is 0.248 e. The molecule has 158 valence electrons. The van der Waals surface area contributed by atoms with Gasteiger partial charge in [0.15, 0.2) is 0 Å². The van der Waals surface area contributed by atoms with E-state index in [9.17, 15) is 14.4 Å². The van der Waals surface area contributed by atoms with Crippen LogP contribution in [0.15, 0.2) is 53.4 Å². The van der Waals surface area contributed by atoms with Crippen LogP contribution in [0, 0.1) is 12.8 Å². The van der Waals surface area contributed by atoms with Gasteiger partial charge in [-0.1, -0.05) is 17.7 Å². The fourth-order valence-electron chi connectivity index (χ4n) is 3.07. The van der Waals surface area contributed by atoms with Crippen molar-refractivity contribution in [2.45, 2.75) is 25.2 Å². The lowest BCUT2D eigenvalue weighted by Crippen LogP contribution is -2.45. The van der Waals surface area contributed by atoms with Crippen LogP contribution in [0.1, 0.15) is 18.9 Å². The largest absolute Gasteiger partial charge is 0.494 e. The van der Waals surface area contributed by atoms with Crippen molar-refractivity contribution in [3.05, 3.63) is 54.1 Å². The Morgan fingerprint density at radius 2 is 1.80 bits per heavy atom. The van der Waals surface area contributed by atoms with E-state index in [1.165, 1.54) is 11.8 Å². The van der Waals surface area contributed by atoms with E-state index in [4.69, 9.17) is 4.74 Å². The first-order valence-electron chi connectivity index (χ1n) is 9.77. The van der Waals surface area contributed by atoms with Crippen LogP contribution in [0.5, 0.6) is 5.75 Å². The normalized spacial score (nSPS) is 15.7. The van der Waals surface area contributed by atoms with Gasteiger partial charge in [-0.2, -0.15) is 0 Å². The lowest BCUT2D eigenvalue weighted by molar-refractivity contribution is -0.130. The molecule has 0 spiro atoms. The molecule has 0 saturated carbocycles.